The summed E-state index contributed by atoms with van der Waals surface area (Å²) < 4.78 is 0. The summed E-state index contributed by atoms with van der Waals surface area (Å²) in [5.41, 5.74) is 12.8. The second-order valence-electron chi connectivity index (χ2n) is 7.62. The molecule has 5 nitrogen and oxygen atoms in total. The molecule has 2 aliphatic rings. The molecule has 0 aliphatic heterocycles. The molecule has 29 heavy (non-hydrogen) atoms. The number of nitrogen functional groups attached to an aromatic ring is 1. The van der Waals surface area contributed by atoms with Gasteiger partial charge in [-0.2, -0.15) is 0 Å². The zero-order chi connectivity index (χ0) is 20.5. The van der Waals surface area contributed by atoms with Gasteiger partial charge in [0.05, 0.1) is 5.69 Å². The average molecular weight is 409 g/mol. The maximum absolute atomic E-state index is 13.0. The molecule has 6 heteroatoms. The van der Waals surface area contributed by atoms with Crippen molar-refractivity contribution >= 4 is 29.1 Å². The fourth-order valence-corrected chi connectivity index (χ4v) is 5.07. The first-order valence-corrected chi connectivity index (χ1v) is 11.6. The molecule has 2 N–H and O–H groups in total. The standard InChI is InChI=1S/C23H28N4OS/c1-4-27(5-2)16-11-9-14(10-12-16)20-19-15(7-6-8-18(19)28)13-17-21(20)22(24)26-23(25-17)29-3/h9-12,20H,4-8,13H2,1-3H3,(H2,24,25,26). The van der Waals surface area contributed by atoms with Crippen LogP contribution in [0.5, 0.6) is 0 Å². The molecule has 0 saturated carbocycles. The third-order valence-corrected chi connectivity index (χ3v) is 6.64. The predicted octanol–water partition coefficient (Wildman–Crippen LogP) is 4.36. The van der Waals surface area contributed by atoms with Crippen molar-refractivity contribution in [3.63, 3.8) is 0 Å². The quantitative estimate of drug-likeness (QED) is 0.585. The summed E-state index contributed by atoms with van der Waals surface area (Å²) in [5, 5.41) is 0.697. The van der Waals surface area contributed by atoms with Crippen LogP contribution in [0.15, 0.2) is 40.6 Å². The minimum absolute atomic E-state index is 0.164. The zero-order valence-corrected chi connectivity index (χ0v) is 18.2. The molecule has 1 atom stereocenters. The van der Waals surface area contributed by atoms with E-state index in [9.17, 15) is 4.79 Å². The number of carbonyl (C=O) groups excluding carboxylic acids is 1. The van der Waals surface area contributed by atoms with Gasteiger partial charge in [-0.05, 0) is 50.6 Å². The monoisotopic (exact) mass is 408 g/mol. The number of anilines is 2. The molecule has 2 aromatic rings. The van der Waals surface area contributed by atoms with Crippen molar-refractivity contribution in [3.05, 3.63) is 52.2 Å². The van der Waals surface area contributed by atoms with Crippen LogP contribution in [0.2, 0.25) is 0 Å². The predicted molar refractivity (Wildman–Crippen MR) is 120 cm³/mol. The molecule has 1 aromatic heterocycles. The van der Waals surface area contributed by atoms with Crippen LogP contribution >= 0.6 is 11.8 Å². The van der Waals surface area contributed by atoms with E-state index in [1.165, 1.54) is 23.0 Å². The topological polar surface area (TPSA) is 72.1 Å². The zero-order valence-electron chi connectivity index (χ0n) is 17.4. The van der Waals surface area contributed by atoms with Gasteiger partial charge in [-0.1, -0.05) is 29.5 Å². The van der Waals surface area contributed by atoms with Crippen molar-refractivity contribution in [2.45, 2.75) is 50.6 Å². The lowest BCUT2D eigenvalue weighted by Crippen LogP contribution is -2.27. The summed E-state index contributed by atoms with van der Waals surface area (Å²) >= 11 is 1.50. The van der Waals surface area contributed by atoms with Crippen LogP contribution in [0.25, 0.3) is 0 Å². The van der Waals surface area contributed by atoms with E-state index in [1.54, 1.807) is 0 Å². The van der Waals surface area contributed by atoms with Crippen LogP contribution in [0.4, 0.5) is 11.5 Å². The Morgan fingerprint density at radius 1 is 1.14 bits per heavy atom. The molecule has 1 unspecified atom stereocenters. The number of rotatable bonds is 5. The molecule has 0 radical (unpaired) electrons. The van der Waals surface area contributed by atoms with E-state index in [4.69, 9.17) is 10.7 Å². The van der Waals surface area contributed by atoms with Gasteiger partial charge in [0.15, 0.2) is 10.9 Å². The van der Waals surface area contributed by atoms with Crippen molar-refractivity contribution in [3.8, 4) is 0 Å². The molecule has 152 valence electrons. The number of benzene rings is 1. The highest BCUT2D eigenvalue weighted by Gasteiger charge is 2.37. The Labute approximate surface area is 176 Å². The highest BCUT2D eigenvalue weighted by atomic mass is 32.2. The number of nitrogens with zero attached hydrogens (tertiary/aromatic N) is 3. The van der Waals surface area contributed by atoms with Crippen molar-refractivity contribution in [2.24, 2.45) is 0 Å². The van der Waals surface area contributed by atoms with Gasteiger partial charge in [-0.15, -0.1) is 0 Å². The summed E-state index contributed by atoms with van der Waals surface area (Å²) in [6.07, 6.45) is 5.18. The Hall–Kier alpha value is -2.34. The van der Waals surface area contributed by atoms with Gasteiger partial charge in [0.1, 0.15) is 5.82 Å². The number of hydrogen-bond acceptors (Lipinski definition) is 6. The van der Waals surface area contributed by atoms with Crippen LogP contribution in [-0.2, 0) is 11.2 Å². The lowest BCUT2D eigenvalue weighted by molar-refractivity contribution is -0.116. The Morgan fingerprint density at radius 2 is 1.86 bits per heavy atom. The number of nitrogens with two attached hydrogens (primary N) is 1. The van der Waals surface area contributed by atoms with Crippen molar-refractivity contribution in [2.75, 3.05) is 30.0 Å². The molecule has 0 bridgehead atoms. The first-order valence-electron chi connectivity index (χ1n) is 10.4. The van der Waals surface area contributed by atoms with Crippen LogP contribution < -0.4 is 10.6 Å². The fraction of sp³-hybridized carbons (Fsp3) is 0.435. The van der Waals surface area contributed by atoms with Crippen LogP contribution in [0, 0.1) is 0 Å². The Morgan fingerprint density at radius 3 is 2.52 bits per heavy atom. The van der Waals surface area contributed by atoms with Crippen LogP contribution in [0.1, 0.15) is 55.8 Å². The van der Waals surface area contributed by atoms with E-state index in [-0.39, 0.29) is 11.7 Å². The Bertz CT molecular complexity index is 964. The van der Waals surface area contributed by atoms with Crippen molar-refractivity contribution in [1.29, 1.82) is 0 Å². The number of Topliss-reactive ketones (excluding diaryl/α,β-unsaturated/α-hetero) is 1. The van der Waals surface area contributed by atoms with E-state index in [0.717, 1.165) is 48.3 Å². The summed E-state index contributed by atoms with van der Waals surface area (Å²) in [5.74, 6) is 0.591. The molecule has 0 amide bonds. The Balaban J connectivity index is 1.86. The van der Waals surface area contributed by atoms with Crippen LogP contribution in [0.3, 0.4) is 0 Å². The van der Waals surface area contributed by atoms with Crippen molar-refractivity contribution in [1.82, 2.24) is 9.97 Å². The van der Waals surface area contributed by atoms with Gasteiger partial charge in [0.25, 0.3) is 0 Å². The van der Waals surface area contributed by atoms with Gasteiger partial charge < -0.3 is 10.6 Å². The Kier molecular flexibility index (Phi) is 5.63. The largest absolute Gasteiger partial charge is 0.383 e. The molecule has 0 spiro atoms. The second-order valence-corrected chi connectivity index (χ2v) is 8.40. The van der Waals surface area contributed by atoms with Crippen molar-refractivity contribution < 1.29 is 4.79 Å². The minimum atomic E-state index is -0.164. The summed E-state index contributed by atoms with van der Waals surface area (Å²) in [6, 6.07) is 8.58. The van der Waals surface area contributed by atoms with E-state index in [1.807, 2.05) is 6.26 Å². The molecule has 1 aromatic carbocycles. The first kappa shape index (κ1) is 20.0. The highest BCUT2D eigenvalue weighted by molar-refractivity contribution is 7.98. The number of carbonyl (C=O) groups is 1. The summed E-state index contributed by atoms with van der Waals surface area (Å²) in [4.78, 5) is 24.6. The van der Waals surface area contributed by atoms with Gasteiger partial charge in [-0.25, -0.2) is 9.97 Å². The molecule has 0 fully saturated rings. The normalized spacial score (nSPS) is 18.4. The molecule has 4 rings (SSSR count). The first-order chi connectivity index (χ1) is 14.1. The maximum Gasteiger partial charge on any atom is 0.189 e. The number of hydrogen-bond donors (Lipinski definition) is 1. The van der Waals surface area contributed by atoms with E-state index in [2.05, 4.69) is 48.0 Å². The maximum atomic E-state index is 13.0. The average Bonchev–Trinajstić information content (AvgIpc) is 2.74. The number of fused-ring (bicyclic) bond motifs is 1. The molecular formula is C23H28N4OS. The molecular weight excluding hydrogens is 380 g/mol. The van der Waals surface area contributed by atoms with Gasteiger partial charge in [-0.3, -0.25) is 4.79 Å². The lowest BCUT2D eigenvalue weighted by Gasteiger charge is -2.33. The third-order valence-electron chi connectivity index (χ3n) is 6.09. The minimum Gasteiger partial charge on any atom is -0.383 e. The number of ketones is 1. The van der Waals surface area contributed by atoms with E-state index >= 15 is 0 Å². The number of aromatic nitrogens is 2. The summed E-state index contributed by atoms with van der Waals surface area (Å²) in [6.45, 7) is 6.25. The van der Waals surface area contributed by atoms with E-state index in [0.29, 0.717) is 23.8 Å². The van der Waals surface area contributed by atoms with Gasteiger partial charge >= 0.3 is 0 Å². The smallest absolute Gasteiger partial charge is 0.189 e. The third kappa shape index (κ3) is 3.54. The van der Waals surface area contributed by atoms with Gasteiger partial charge in [0.2, 0.25) is 0 Å². The highest BCUT2D eigenvalue weighted by Crippen LogP contribution is 2.46. The molecule has 0 saturated heterocycles. The lowest BCUT2D eigenvalue weighted by atomic mass is 9.71. The van der Waals surface area contributed by atoms with Gasteiger partial charge in [0, 0.05) is 48.7 Å². The number of thioether (sulfide) groups is 1. The van der Waals surface area contributed by atoms with Crippen LogP contribution in [-0.4, -0.2) is 35.1 Å². The second kappa shape index (κ2) is 8.19. The molecule has 2 aliphatic carbocycles. The summed E-state index contributed by atoms with van der Waals surface area (Å²) in [7, 11) is 0. The number of allylic oxidation sites excluding steroid dienone is 2. The SMILES string of the molecule is CCN(CC)c1ccc(C2C3=C(CCCC3=O)Cc3nc(SC)nc(N)c32)cc1. The van der Waals surface area contributed by atoms with E-state index < -0.39 is 0 Å². The fourth-order valence-electron chi connectivity index (χ4n) is 4.68. The molecule has 1 heterocycles.